The number of Topliss-reactive ketones (excluding diaryl/α,β-unsaturated/α-hetero) is 1. The zero-order valence-corrected chi connectivity index (χ0v) is 20.3. The van der Waals surface area contributed by atoms with E-state index in [4.69, 9.17) is 4.55 Å². The molecule has 0 saturated carbocycles. The fourth-order valence-electron chi connectivity index (χ4n) is 4.43. The monoisotopic (exact) mass is 475 g/mol. The average Bonchev–Trinajstić information content (AvgIpc) is 3.10. The van der Waals surface area contributed by atoms with Crippen LogP contribution >= 0.6 is 0 Å². The zero-order chi connectivity index (χ0) is 23.9. The topological polar surface area (TPSA) is 124 Å². The van der Waals surface area contributed by atoms with Crippen molar-refractivity contribution in [1.82, 2.24) is 0 Å². The van der Waals surface area contributed by atoms with E-state index < -0.39 is 22.0 Å². The average molecular weight is 476 g/mol. The van der Waals surface area contributed by atoms with Crippen molar-refractivity contribution in [3.63, 3.8) is 0 Å². The Bertz CT molecular complexity index is 695. The van der Waals surface area contributed by atoms with Crippen molar-refractivity contribution in [1.29, 1.82) is 0 Å². The van der Waals surface area contributed by atoms with Crippen LogP contribution in [0.25, 0.3) is 0 Å². The number of hydrogen-bond acceptors (Lipinski definition) is 6. The van der Waals surface area contributed by atoms with E-state index in [-0.39, 0.29) is 30.0 Å². The molecule has 9 heteroatoms. The van der Waals surface area contributed by atoms with Gasteiger partial charge in [0.1, 0.15) is 31.5 Å². The largest absolute Gasteiger partial charge is 0.390 e. The highest BCUT2D eigenvalue weighted by atomic mass is 32.2. The maximum Gasteiger partial charge on any atom is 0.267 e. The van der Waals surface area contributed by atoms with Gasteiger partial charge in [0, 0.05) is 6.42 Å². The van der Waals surface area contributed by atoms with Gasteiger partial charge in [-0.05, 0) is 19.3 Å². The Morgan fingerprint density at radius 3 is 2.16 bits per heavy atom. The molecular weight excluding hydrogens is 432 g/mol. The molecule has 1 heterocycles. The van der Waals surface area contributed by atoms with Gasteiger partial charge in [0.2, 0.25) is 5.78 Å². The molecule has 32 heavy (non-hydrogen) atoms. The number of ketones is 1. The van der Waals surface area contributed by atoms with Gasteiger partial charge in [0.25, 0.3) is 16.0 Å². The van der Waals surface area contributed by atoms with E-state index in [0.717, 1.165) is 25.7 Å². The number of aliphatic imine (C=N–C) groups is 1. The number of hydrogen-bond donors (Lipinski definition) is 3. The lowest BCUT2D eigenvalue weighted by atomic mass is 10.0. The molecule has 0 bridgehead atoms. The smallest absolute Gasteiger partial charge is 0.267 e. The van der Waals surface area contributed by atoms with Crippen LogP contribution in [0.5, 0.6) is 0 Å². The molecule has 0 aliphatic carbocycles. The Kier molecular flexibility index (Phi) is 14.1. The molecule has 186 valence electrons. The number of quaternary nitrogens is 1. The fourth-order valence-corrected chi connectivity index (χ4v) is 5.03. The number of aliphatic hydroxyl groups is 2. The number of carbonyl (C=O) groups is 1. The van der Waals surface area contributed by atoms with E-state index in [1.807, 2.05) is 6.08 Å². The van der Waals surface area contributed by atoms with Crippen LogP contribution in [0.15, 0.2) is 17.6 Å². The Morgan fingerprint density at radius 2 is 1.62 bits per heavy atom. The summed E-state index contributed by atoms with van der Waals surface area (Å²) in [4.78, 5) is 17.1. The molecule has 0 aromatic heterocycles. The summed E-state index contributed by atoms with van der Waals surface area (Å²) in [5.74, 6) is -0.589. The number of aliphatic hydroxyl groups excluding tert-OH is 2. The van der Waals surface area contributed by atoms with Crippen LogP contribution in [-0.2, 0) is 14.9 Å². The minimum Gasteiger partial charge on any atom is -0.390 e. The van der Waals surface area contributed by atoms with Gasteiger partial charge >= 0.3 is 0 Å². The summed E-state index contributed by atoms with van der Waals surface area (Å²) in [6.07, 6.45) is 13.7. The van der Waals surface area contributed by atoms with Crippen molar-refractivity contribution in [2.24, 2.45) is 4.99 Å². The minimum atomic E-state index is -4.33. The summed E-state index contributed by atoms with van der Waals surface area (Å²) in [7, 11) is -4.33. The Morgan fingerprint density at radius 1 is 1.06 bits per heavy atom. The van der Waals surface area contributed by atoms with E-state index in [2.05, 4.69) is 11.6 Å². The van der Waals surface area contributed by atoms with Gasteiger partial charge < -0.3 is 10.2 Å². The third kappa shape index (κ3) is 11.7. The van der Waals surface area contributed by atoms with E-state index in [9.17, 15) is 23.4 Å². The lowest BCUT2D eigenvalue weighted by molar-refractivity contribution is -0.837. The summed E-state index contributed by atoms with van der Waals surface area (Å²) in [5, 5.41) is 19.6. The van der Waals surface area contributed by atoms with Crippen LogP contribution in [0.3, 0.4) is 0 Å². The Hall–Kier alpha value is -1.13. The number of amidine groups is 1. The molecule has 0 spiro atoms. The van der Waals surface area contributed by atoms with Crippen molar-refractivity contribution in [3.8, 4) is 0 Å². The van der Waals surface area contributed by atoms with Gasteiger partial charge in [0.15, 0.2) is 0 Å². The van der Waals surface area contributed by atoms with E-state index in [1.54, 1.807) is 0 Å². The summed E-state index contributed by atoms with van der Waals surface area (Å²) >= 11 is 0. The molecule has 2 unspecified atom stereocenters. The van der Waals surface area contributed by atoms with E-state index in [0.29, 0.717) is 25.3 Å². The maximum atomic E-state index is 12.8. The number of allylic oxidation sites excluding steroid dienone is 1. The molecule has 1 rings (SSSR count). The molecule has 0 aromatic rings. The van der Waals surface area contributed by atoms with Crippen molar-refractivity contribution in [2.75, 3.05) is 38.5 Å². The molecule has 2 atom stereocenters. The standard InChI is InChI=1S/C23H42N2O6S/c1-2-3-4-5-6-7-8-9-10-11-12-13-14-22(28)23-24-15-16-25(23,17-18-26)19-21(27)20-32(29,30)31/h2,21,26-27H,1,3-20H2/p+1. The van der Waals surface area contributed by atoms with Crippen molar-refractivity contribution >= 4 is 21.7 Å². The number of nitrogens with zero attached hydrogens (tertiary/aromatic N) is 2. The van der Waals surface area contributed by atoms with Gasteiger partial charge in [-0.1, -0.05) is 57.4 Å². The lowest BCUT2D eigenvalue weighted by Gasteiger charge is -2.34. The van der Waals surface area contributed by atoms with Crippen LogP contribution < -0.4 is 0 Å². The fraction of sp³-hybridized carbons (Fsp3) is 0.826. The SMILES string of the molecule is C=CCCCCCCCCCCCCC(=O)C1=NCC[N+]1(CCO)CC(O)CS(=O)(=O)O. The molecule has 0 radical (unpaired) electrons. The second-order valence-electron chi connectivity index (χ2n) is 8.89. The highest BCUT2D eigenvalue weighted by Crippen LogP contribution is 2.20. The summed E-state index contributed by atoms with van der Waals surface area (Å²) in [5.41, 5.74) is 0. The molecular formula is C23H43N2O6S+. The second-order valence-corrected chi connectivity index (χ2v) is 10.4. The summed E-state index contributed by atoms with van der Waals surface area (Å²) in [6, 6.07) is 0. The zero-order valence-electron chi connectivity index (χ0n) is 19.5. The van der Waals surface area contributed by atoms with Crippen molar-refractivity contribution in [3.05, 3.63) is 12.7 Å². The normalized spacial score (nSPS) is 19.7. The number of carbonyl (C=O) groups excluding carboxylic acids is 1. The molecule has 1 aliphatic heterocycles. The highest BCUT2D eigenvalue weighted by molar-refractivity contribution is 7.85. The first-order valence-corrected chi connectivity index (χ1v) is 13.6. The van der Waals surface area contributed by atoms with Crippen LogP contribution in [0.1, 0.15) is 77.0 Å². The molecule has 1 aliphatic rings. The molecule has 0 fully saturated rings. The number of rotatable bonds is 20. The van der Waals surface area contributed by atoms with Gasteiger partial charge in [-0.15, -0.1) is 6.58 Å². The second kappa shape index (κ2) is 15.7. The van der Waals surface area contributed by atoms with Gasteiger partial charge in [-0.25, -0.2) is 4.99 Å². The third-order valence-corrected chi connectivity index (χ3v) is 6.85. The lowest BCUT2D eigenvalue weighted by Crippen LogP contribution is -2.59. The highest BCUT2D eigenvalue weighted by Gasteiger charge is 2.43. The van der Waals surface area contributed by atoms with Crippen LogP contribution in [0.4, 0.5) is 0 Å². The molecule has 0 aromatic carbocycles. The van der Waals surface area contributed by atoms with Crippen molar-refractivity contribution < 1.29 is 32.5 Å². The molecule has 8 nitrogen and oxygen atoms in total. The van der Waals surface area contributed by atoms with Gasteiger partial charge in [0.05, 0.1) is 13.2 Å². The Labute approximate surface area is 193 Å². The number of unbranched alkanes of at least 4 members (excludes halogenated alkanes) is 10. The first kappa shape index (κ1) is 28.9. The summed E-state index contributed by atoms with van der Waals surface area (Å²) < 4.78 is 31.1. The molecule has 0 saturated heterocycles. The van der Waals surface area contributed by atoms with Crippen LogP contribution in [0, 0.1) is 0 Å². The predicted octanol–water partition coefficient (Wildman–Crippen LogP) is 2.89. The third-order valence-electron chi connectivity index (χ3n) is 6.04. The Balaban J connectivity index is 2.33. The molecule has 3 N–H and O–H groups in total. The first-order valence-electron chi connectivity index (χ1n) is 12.0. The van der Waals surface area contributed by atoms with Crippen LogP contribution in [-0.4, -0.2) is 83.9 Å². The quantitative estimate of drug-likeness (QED) is 0.108. The van der Waals surface area contributed by atoms with E-state index >= 15 is 0 Å². The van der Waals surface area contributed by atoms with Crippen LogP contribution in [0.2, 0.25) is 0 Å². The summed E-state index contributed by atoms with van der Waals surface area (Å²) in [6.45, 7) is 4.46. The van der Waals surface area contributed by atoms with Gasteiger partial charge in [-0.2, -0.15) is 8.42 Å². The molecule has 0 amide bonds. The van der Waals surface area contributed by atoms with E-state index in [1.165, 1.54) is 44.9 Å². The maximum absolute atomic E-state index is 12.8. The van der Waals surface area contributed by atoms with Gasteiger partial charge in [-0.3, -0.25) is 13.8 Å². The first-order chi connectivity index (χ1) is 15.2. The predicted molar refractivity (Wildman–Crippen MR) is 127 cm³/mol. The van der Waals surface area contributed by atoms with Crippen molar-refractivity contribution in [2.45, 2.75) is 83.2 Å². The minimum absolute atomic E-state index is 0.0289.